The van der Waals surface area contributed by atoms with E-state index in [0.29, 0.717) is 0 Å². The number of benzene rings is 11. The van der Waals surface area contributed by atoms with Gasteiger partial charge in [-0.1, -0.05) is 44.6 Å². The highest BCUT2D eigenvalue weighted by Crippen LogP contribution is 2.44. The maximum Gasteiger partial charge on any atom is -0.0114 e. The smallest absolute Gasteiger partial charge is 0.0114 e. The highest BCUT2D eigenvalue weighted by molar-refractivity contribution is 5.99. The molecule has 0 N–H and O–H groups in total. The van der Waals surface area contributed by atoms with Gasteiger partial charge in [0, 0.05) is 0 Å². The molecule has 0 aliphatic rings. The van der Waals surface area contributed by atoms with Crippen LogP contribution in [-0.2, 0) is 0 Å². The third-order valence-electron chi connectivity index (χ3n) is 31.8. The standard InChI is InChI=1S/C22H30.3C18H24.3C12H18.6CH4/c1-11-13(3)17(7)21(18(8)14(11)4)22-19(9)15(5)12(2)16(6)20(22)10;3*1-9-10(2)14(6)18-16(8)12(4)11(3)15(7)17(18)13(9)5;3*1-7-8(2)10(4)12(6)11(5)9(7)3;;;;;;/h1-10H3;3*1-8H3;3*1-6H3;6*1H4. The van der Waals surface area contributed by atoms with Crippen LogP contribution in [0.15, 0.2) is 0 Å². The number of hydrogen-bond donors (Lipinski definition) is 0. The Labute approximate surface area is 732 Å². The van der Waals surface area contributed by atoms with Gasteiger partial charge in [-0.3, -0.25) is 0 Å². The molecule has 0 atom stereocenters. The average molecular weight is 1600 g/mol. The molecule has 0 amide bonds. The average Bonchev–Trinajstić information content (AvgIpc) is 0.752. The molecule has 118 heavy (non-hydrogen) atoms. The summed E-state index contributed by atoms with van der Waals surface area (Å²) in [5.74, 6) is 0. The van der Waals surface area contributed by atoms with Crippen LogP contribution in [0.4, 0.5) is 0 Å². The molecule has 0 spiro atoms. The second-order valence-corrected chi connectivity index (χ2v) is 35.5. The lowest BCUT2D eigenvalue weighted by molar-refractivity contribution is 1.13. The van der Waals surface area contributed by atoms with Gasteiger partial charge in [-0.25, -0.2) is 0 Å². The lowest BCUT2D eigenvalue weighted by Gasteiger charge is -2.25. The van der Waals surface area contributed by atoms with Crippen molar-refractivity contribution in [1.29, 1.82) is 0 Å². The largest absolute Gasteiger partial charge is 0.0776 e. The minimum absolute atomic E-state index is 0. The van der Waals surface area contributed by atoms with Crippen molar-refractivity contribution < 1.29 is 0 Å². The van der Waals surface area contributed by atoms with E-state index >= 15 is 0 Å². The van der Waals surface area contributed by atoms with Crippen molar-refractivity contribution in [2.45, 2.75) is 405 Å². The first-order valence-corrected chi connectivity index (χ1v) is 42.0. The van der Waals surface area contributed by atoms with Crippen LogP contribution in [0.2, 0.25) is 0 Å². The van der Waals surface area contributed by atoms with Crippen molar-refractivity contribution in [3.8, 4) is 11.1 Å². The van der Waals surface area contributed by atoms with Crippen LogP contribution in [0.1, 0.15) is 334 Å². The van der Waals surface area contributed by atoms with Crippen molar-refractivity contribution in [2.24, 2.45) is 0 Å². The molecule has 0 unspecified atom stereocenters. The van der Waals surface area contributed by atoms with Gasteiger partial charge in [0.2, 0.25) is 0 Å². The van der Waals surface area contributed by atoms with E-state index in [2.05, 4.69) is 360 Å². The first-order chi connectivity index (χ1) is 51.4. The maximum absolute atomic E-state index is 2.29. The van der Waals surface area contributed by atoms with Crippen LogP contribution in [-0.4, -0.2) is 0 Å². The Kier molecular flexibility index (Phi) is 41.0. The minimum atomic E-state index is 0. The Morgan fingerprint density at radius 1 is 0.0593 bits per heavy atom. The van der Waals surface area contributed by atoms with Crippen molar-refractivity contribution in [3.63, 3.8) is 0 Å². The molecule has 0 aliphatic heterocycles. The van der Waals surface area contributed by atoms with E-state index in [1.54, 1.807) is 0 Å². The van der Waals surface area contributed by atoms with Crippen molar-refractivity contribution >= 4 is 32.3 Å². The number of aryl methyl sites for hydroxylation is 12. The first kappa shape index (κ1) is 112. The summed E-state index contributed by atoms with van der Waals surface area (Å²) in [6, 6.07) is 0. The zero-order chi connectivity index (χ0) is 86.6. The van der Waals surface area contributed by atoms with Gasteiger partial charge in [-0.05, 0) is 693 Å². The van der Waals surface area contributed by atoms with Crippen LogP contribution in [0.5, 0.6) is 0 Å². The zero-order valence-electron chi connectivity index (χ0n) is 82.0. The quantitative estimate of drug-likeness (QED) is 0.154. The lowest BCUT2D eigenvalue weighted by atomic mass is 9.80. The molecule has 0 fully saturated rings. The normalized spacial score (nSPS) is 10.5. The highest BCUT2D eigenvalue weighted by atomic mass is 14.3. The molecule has 0 saturated heterocycles. The molecule has 0 heterocycles. The fraction of sp³-hybridized carbons (Fsp3) is 0.492. The SMILES string of the molecule is C.C.C.C.C.C.Cc1c(C)c(C)c(-c2c(C)c(C)c(C)c(C)c2C)c(C)c1C.Cc1c(C)c(C)c(C)c(C)c1C.Cc1c(C)c(C)c(C)c(C)c1C.Cc1c(C)c(C)c(C)c(C)c1C.Cc1c(C)c(C)c2c(C)c(C)c(C)c(C)c2c1C.Cc1c(C)c(C)c2c(C)c(C)c(C)c(C)c2c1C.Cc1c(C)c(C)c2c(C)c(C)c(C)c(C)c2c1C. The van der Waals surface area contributed by atoms with E-state index in [0.717, 1.165) is 0 Å². The fourth-order valence-electron chi connectivity index (χ4n) is 18.4. The lowest BCUT2D eigenvalue weighted by Crippen LogP contribution is -2.05. The molecule has 0 radical (unpaired) electrons. The third kappa shape index (κ3) is 20.2. The van der Waals surface area contributed by atoms with Crippen molar-refractivity contribution in [3.05, 3.63) is 289 Å². The zero-order valence-corrected chi connectivity index (χ0v) is 82.0. The predicted octanol–water partition coefficient (Wildman–Crippen LogP) is 36.8. The summed E-state index contributed by atoms with van der Waals surface area (Å²) in [6.07, 6.45) is 0. The van der Waals surface area contributed by atoms with Gasteiger partial charge in [0.15, 0.2) is 0 Å². The van der Waals surface area contributed by atoms with Crippen LogP contribution < -0.4 is 0 Å². The van der Waals surface area contributed by atoms with E-state index in [9.17, 15) is 0 Å². The molecule has 0 heteroatoms. The first-order valence-electron chi connectivity index (χ1n) is 42.0. The Bertz CT molecular complexity index is 4390. The van der Waals surface area contributed by atoms with Gasteiger partial charge in [-0.2, -0.15) is 0 Å². The van der Waals surface area contributed by atoms with E-state index < -0.39 is 0 Å². The summed E-state index contributed by atoms with van der Waals surface area (Å²) >= 11 is 0. The second kappa shape index (κ2) is 43.1. The van der Waals surface area contributed by atoms with Gasteiger partial charge in [0.25, 0.3) is 0 Å². The number of hydrogen-bond acceptors (Lipinski definition) is 0. The molecular formula is C118H180. The number of fused-ring (bicyclic) bond motifs is 3. The summed E-state index contributed by atoms with van der Waals surface area (Å²) < 4.78 is 0. The molecular weight excluding hydrogens is 1420 g/mol. The monoisotopic (exact) mass is 1600 g/mol. The van der Waals surface area contributed by atoms with Crippen LogP contribution in [0.25, 0.3) is 43.4 Å². The Hall–Kier alpha value is -7.80. The van der Waals surface area contributed by atoms with E-state index in [-0.39, 0.29) is 44.6 Å². The molecule has 0 saturated carbocycles. The Balaban J connectivity index is 0. The van der Waals surface area contributed by atoms with Crippen LogP contribution in [0, 0.1) is 360 Å². The van der Waals surface area contributed by atoms with E-state index in [1.165, 1.54) is 333 Å². The summed E-state index contributed by atoms with van der Waals surface area (Å²) in [6.45, 7) is 117. The van der Waals surface area contributed by atoms with Crippen molar-refractivity contribution in [1.82, 2.24) is 0 Å². The second-order valence-electron chi connectivity index (χ2n) is 35.5. The van der Waals surface area contributed by atoms with Gasteiger partial charge in [0.05, 0.1) is 0 Å². The predicted molar refractivity (Wildman–Crippen MR) is 550 cm³/mol. The maximum atomic E-state index is 2.29. The summed E-state index contributed by atoms with van der Waals surface area (Å²) in [7, 11) is 0. The van der Waals surface area contributed by atoms with Crippen LogP contribution in [0.3, 0.4) is 0 Å². The Morgan fingerprint density at radius 2 is 0.102 bits per heavy atom. The van der Waals surface area contributed by atoms with Crippen LogP contribution >= 0.6 is 0 Å². The molecule has 0 aromatic heterocycles. The summed E-state index contributed by atoms with van der Waals surface area (Å²) in [5.41, 5.74) is 78.3. The third-order valence-corrected chi connectivity index (χ3v) is 31.8. The van der Waals surface area contributed by atoms with E-state index in [1.807, 2.05) is 0 Å². The topological polar surface area (TPSA) is 0 Å². The molecule has 0 nitrogen and oxygen atoms in total. The van der Waals surface area contributed by atoms with E-state index in [4.69, 9.17) is 0 Å². The van der Waals surface area contributed by atoms with Gasteiger partial charge in [0.1, 0.15) is 0 Å². The molecule has 0 bridgehead atoms. The molecule has 11 aromatic rings. The molecule has 11 aromatic carbocycles. The fourth-order valence-corrected chi connectivity index (χ4v) is 18.4. The van der Waals surface area contributed by atoms with Gasteiger partial charge < -0.3 is 0 Å². The molecule has 11 rings (SSSR count). The molecule has 0 aliphatic carbocycles. The highest BCUT2D eigenvalue weighted by Gasteiger charge is 2.24. The molecule has 652 valence electrons. The van der Waals surface area contributed by atoms with Gasteiger partial charge >= 0.3 is 0 Å². The summed E-state index contributed by atoms with van der Waals surface area (Å²) in [5, 5.41) is 8.90. The summed E-state index contributed by atoms with van der Waals surface area (Å²) in [4.78, 5) is 0. The van der Waals surface area contributed by atoms with Gasteiger partial charge in [-0.15, -0.1) is 0 Å². The van der Waals surface area contributed by atoms with Crippen molar-refractivity contribution in [2.75, 3.05) is 0 Å². The Morgan fingerprint density at radius 3 is 0.161 bits per heavy atom. The minimum Gasteiger partial charge on any atom is -0.0776 e. The number of rotatable bonds is 1.